The first-order chi connectivity index (χ1) is 7.42. The number of furan rings is 1. The molecule has 84 valence electrons. The van der Waals surface area contributed by atoms with Crippen molar-refractivity contribution in [1.29, 1.82) is 0 Å². The SMILES string of the molecule is CC1(C)CC(C)(C)c2c1oc1ccccc21. The van der Waals surface area contributed by atoms with Crippen molar-refractivity contribution >= 4 is 11.0 Å². The van der Waals surface area contributed by atoms with E-state index in [4.69, 9.17) is 4.42 Å². The molecule has 1 aliphatic carbocycles. The highest BCUT2D eigenvalue weighted by molar-refractivity contribution is 5.84. The quantitative estimate of drug-likeness (QED) is 0.634. The van der Waals surface area contributed by atoms with E-state index in [-0.39, 0.29) is 10.8 Å². The molecule has 0 N–H and O–H groups in total. The van der Waals surface area contributed by atoms with Crippen molar-refractivity contribution in [3.8, 4) is 0 Å². The Hall–Kier alpha value is -1.24. The van der Waals surface area contributed by atoms with Gasteiger partial charge in [0.15, 0.2) is 0 Å². The fraction of sp³-hybridized carbons (Fsp3) is 0.467. The molecule has 0 saturated carbocycles. The molecular formula is C15H18O. The van der Waals surface area contributed by atoms with Crippen molar-refractivity contribution in [2.24, 2.45) is 0 Å². The number of benzene rings is 1. The molecule has 16 heavy (non-hydrogen) atoms. The van der Waals surface area contributed by atoms with E-state index in [2.05, 4.69) is 45.9 Å². The zero-order valence-corrected chi connectivity index (χ0v) is 10.4. The van der Waals surface area contributed by atoms with Crippen LogP contribution in [0.25, 0.3) is 11.0 Å². The molecule has 0 radical (unpaired) electrons. The zero-order valence-electron chi connectivity index (χ0n) is 10.4. The first-order valence-electron chi connectivity index (χ1n) is 5.94. The van der Waals surface area contributed by atoms with Crippen molar-refractivity contribution in [1.82, 2.24) is 0 Å². The summed E-state index contributed by atoms with van der Waals surface area (Å²) in [5.74, 6) is 1.19. The molecule has 2 aromatic rings. The van der Waals surface area contributed by atoms with Crippen LogP contribution in [0.2, 0.25) is 0 Å². The highest BCUT2D eigenvalue weighted by atomic mass is 16.3. The van der Waals surface area contributed by atoms with Gasteiger partial charge in [-0.3, -0.25) is 0 Å². The molecule has 1 heterocycles. The van der Waals surface area contributed by atoms with Gasteiger partial charge >= 0.3 is 0 Å². The van der Waals surface area contributed by atoms with Crippen LogP contribution in [-0.4, -0.2) is 0 Å². The molecule has 0 atom stereocenters. The second kappa shape index (κ2) is 2.71. The third kappa shape index (κ3) is 1.12. The molecule has 1 aromatic carbocycles. The molecule has 0 fully saturated rings. The highest BCUT2D eigenvalue weighted by Crippen LogP contribution is 2.52. The molecule has 1 aromatic heterocycles. The smallest absolute Gasteiger partial charge is 0.134 e. The molecule has 1 aliphatic rings. The van der Waals surface area contributed by atoms with Crippen molar-refractivity contribution in [2.45, 2.75) is 44.9 Å². The molecule has 0 aliphatic heterocycles. The molecule has 1 nitrogen and oxygen atoms in total. The third-order valence-corrected chi connectivity index (χ3v) is 3.77. The van der Waals surface area contributed by atoms with E-state index in [1.807, 2.05) is 6.07 Å². The maximum Gasteiger partial charge on any atom is 0.134 e. The lowest BCUT2D eigenvalue weighted by atomic mass is 9.81. The summed E-state index contributed by atoms with van der Waals surface area (Å²) in [6.45, 7) is 9.21. The van der Waals surface area contributed by atoms with Gasteiger partial charge in [0.2, 0.25) is 0 Å². The fourth-order valence-electron chi connectivity index (χ4n) is 3.47. The lowest BCUT2D eigenvalue weighted by molar-refractivity contribution is 0.361. The summed E-state index contributed by atoms with van der Waals surface area (Å²) in [4.78, 5) is 0. The Bertz CT molecular complexity index is 558. The van der Waals surface area contributed by atoms with Crippen LogP contribution < -0.4 is 0 Å². The van der Waals surface area contributed by atoms with E-state index >= 15 is 0 Å². The fourth-order valence-corrected chi connectivity index (χ4v) is 3.47. The standard InChI is InChI=1S/C15H18O/c1-14(2)9-15(3,4)13-12(14)10-7-5-6-8-11(10)16-13/h5-8H,9H2,1-4H3. The van der Waals surface area contributed by atoms with Gasteiger partial charge in [0.25, 0.3) is 0 Å². The van der Waals surface area contributed by atoms with Crippen LogP contribution in [-0.2, 0) is 10.8 Å². The third-order valence-electron chi connectivity index (χ3n) is 3.77. The molecule has 1 heteroatoms. The van der Waals surface area contributed by atoms with Crippen LogP contribution in [0.5, 0.6) is 0 Å². The molecule has 0 unspecified atom stereocenters. The van der Waals surface area contributed by atoms with Gasteiger partial charge in [-0.25, -0.2) is 0 Å². The van der Waals surface area contributed by atoms with E-state index in [0.29, 0.717) is 0 Å². The van der Waals surface area contributed by atoms with Crippen LogP contribution in [0.1, 0.15) is 45.4 Å². The molecule has 0 amide bonds. The zero-order chi connectivity index (χ0) is 11.6. The number of fused-ring (bicyclic) bond motifs is 3. The van der Waals surface area contributed by atoms with Crippen LogP contribution >= 0.6 is 0 Å². The summed E-state index contributed by atoms with van der Waals surface area (Å²) >= 11 is 0. The largest absolute Gasteiger partial charge is 0.460 e. The summed E-state index contributed by atoms with van der Waals surface area (Å²) in [7, 11) is 0. The van der Waals surface area contributed by atoms with Gasteiger partial charge in [0.05, 0.1) is 0 Å². The van der Waals surface area contributed by atoms with E-state index in [1.165, 1.54) is 23.1 Å². The predicted molar refractivity (Wildman–Crippen MR) is 66.9 cm³/mol. The molecular weight excluding hydrogens is 196 g/mol. The minimum atomic E-state index is 0.165. The second-order valence-corrected chi connectivity index (χ2v) is 6.25. The van der Waals surface area contributed by atoms with Gasteiger partial charge in [0, 0.05) is 16.4 Å². The summed E-state index contributed by atoms with van der Waals surface area (Å²) in [5, 5.41) is 1.30. The van der Waals surface area contributed by atoms with Crippen LogP contribution in [0.4, 0.5) is 0 Å². The minimum Gasteiger partial charge on any atom is -0.460 e. The first kappa shape index (κ1) is 9.95. The topological polar surface area (TPSA) is 13.1 Å². The highest BCUT2D eigenvalue weighted by Gasteiger charge is 2.46. The van der Waals surface area contributed by atoms with Crippen LogP contribution in [0.3, 0.4) is 0 Å². The maximum atomic E-state index is 6.06. The maximum absolute atomic E-state index is 6.06. The van der Waals surface area contributed by atoms with E-state index in [0.717, 1.165) is 5.58 Å². The summed E-state index contributed by atoms with van der Waals surface area (Å²) < 4.78 is 6.06. The lowest BCUT2D eigenvalue weighted by Crippen LogP contribution is -2.18. The van der Waals surface area contributed by atoms with Gasteiger partial charge in [-0.05, 0) is 17.9 Å². The Labute approximate surface area is 96.5 Å². The van der Waals surface area contributed by atoms with Gasteiger partial charge in [-0.1, -0.05) is 45.9 Å². The predicted octanol–water partition coefficient (Wildman–Crippen LogP) is 4.39. The van der Waals surface area contributed by atoms with Crippen molar-refractivity contribution in [3.05, 3.63) is 35.6 Å². The van der Waals surface area contributed by atoms with Crippen LogP contribution in [0.15, 0.2) is 28.7 Å². The van der Waals surface area contributed by atoms with Crippen LogP contribution in [0, 0.1) is 0 Å². The Balaban J connectivity index is 2.42. The number of para-hydroxylation sites is 1. The van der Waals surface area contributed by atoms with E-state index in [1.54, 1.807) is 0 Å². The average molecular weight is 214 g/mol. The van der Waals surface area contributed by atoms with Crippen molar-refractivity contribution < 1.29 is 4.42 Å². The molecule has 0 bridgehead atoms. The van der Waals surface area contributed by atoms with Crippen molar-refractivity contribution in [2.75, 3.05) is 0 Å². The van der Waals surface area contributed by atoms with Gasteiger partial charge in [0.1, 0.15) is 11.3 Å². The van der Waals surface area contributed by atoms with Gasteiger partial charge in [-0.15, -0.1) is 0 Å². The van der Waals surface area contributed by atoms with E-state index in [9.17, 15) is 0 Å². The Morgan fingerprint density at radius 2 is 1.69 bits per heavy atom. The number of hydrogen-bond acceptors (Lipinski definition) is 1. The molecule has 0 saturated heterocycles. The Morgan fingerprint density at radius 1 is 1.00 bits per heavy atom. The van der Waals surface area contributed by atoms with Crippen molar-refractivity contribution in [3.63, 3.8) is 0 Å². The van der Waals surface area contributed by atoms with Gasteiger partial charge in [-0.2, -0.15) is 0 Å². The van der Waals surface area contributed by atoms with E-state index < -0.39 is 0 Å². The molecule has 3 rings (SSSR count). The number of rotatable bonds is 0. The monoisotopic (exact) mass is 214 g/mol. The lowest BCUT2D eigenvalue weighted by Gasteiger charge is -2.22. The summed E-state index contributed by atoms with van der Waals surface area (Å²) in [6, 6.07) is 8.39. The minimum absolute atomic E-state index is 0.165. The Morgan fingerprint density at radius 3 is 2.44 bits per heavy atom. The first-order valence-corrected chi connectivity index (χ1v) is 5.94. The number of hydrogen-bond donors (Lipinski definition) is 0. The summed E-state index contributed by atoms with van der Waals surface area (Å²) in [5.41, 5.74) is 2.85. The summed E-state index contributed by atoms with van der Waals surface area (Å²) in [6.07, 6.45) is 1.17. The normalized spacial score (nSPS) is 21.2. The Kier molecular flexibility index (Phi) is 1.68. The second-order valence-electron chi connectivity index (χ2n) is 6.25. The molecule has 0 spiro atoms. The van der Waals surface area contributed by atoms with Gasteiger partial charge < -0.3 is 4.42 Å². The average Bonchev–Trinajstić information content (AvgIpc) is 2.62.